The standard InChI is InChI=1S/C25H33NO8/c1-25(2,3)34-24(30)26-20(13-17-9-6-5-7-10-17)23(29)33-15-18-11-8-12-19(22(28)31-4)16-32-21(27)14-18/h5-7,9-11,16,20-21,27H,8,12-15H2,1-4H3,(H,26,30)/b18-11+,19-16+/t20-,21+/m0/s1. The van der Waals surface area contributed by atoms with E-state index in [1.165, 1.54) is 13.4 Å². The summed E-state index contributed by atoms with van der Waals surface area (Å²) in [5, 5.41) is 12.7. The summed E-state index contributed by atoms with van der Waals surface area (Å²) < 4.78 is 20.7. The van der Waals surface area contributed by atoms with E-state index in [9.17, 15) is 19.5 Å². The first-order valence-electron chi connectivity index (χ1n) is 11.1. The molecule has 1 aliphatic heterocycles. The maximum atomic E-state index is 12.9. The van der Waals surface area contributed by atoms with Gasteiger partial charge >= 0.3 is 18.0 Å². The van der Waals surface area contributed by atoms with Crippen LogP contribution in [0.4, 0.5) is 4.79 Å². The summed E-state index contributed by atoms with van der Waals surface area (Å²) in [6, 6.07) is 8.25. The lowest BCUT2D eigenvalue weighted by Gasteiger charge is -2.23. The predicted octanol–water partition coefficient (Wildman–Crippen LogP) is 3.17. The van der Waals surface area contributed by atoms with E-state index in [0.717, 1.165) is 5.56 Å². The number of amides is 1. The van der Waals surface area contributed by atoms with Gasteiger partial charge in [-0.1, -0.05) is 36.4 Å². The van der Waals surface area contributed by atoms with E-state index in [0.29, 0.717) is 24.0 Å². The summed E-state index contributed by atoms with van der Waals surface area (Å²) >= 11 is 0. The van der Waals surface area contributed by atoms with Crippen LogP contribution in [0.5, 0.6) is 0 Å². The molecular formula is C25H33NO8. The van der Waals surface area contributed by atoms with E-state index >= 15 is 0 Å². The molecule has 0 aromatic heterocycles. The third kappa shape index (κ3) is 9.66. The summed E-state index contributed by atoms with van der Waals surface area (Å²) in [5.74, 6) is -1.17. The van der Waals surface area contributed by atoms with E-state index in [2.05, 4.69) is 5.32 Å². The Kier molecular flexibility index (Phi) is 10.1. The fourth-order valence-electron chi connectivity index (χ4n) is 3.16. The molecule has 1 aromatic rings. The first-order valence-corrected chi connectivity index (χ1v) is 11.1. The van der Waals surface area contributed by atoms with Crippen molar-refractivity contribution < 1.29 is 38.4 Å². The second-order valence-electron chi connectivity index (χ2n) is 8.83. The average molecular weight is 476 g/mol. The molecule has 1 heterocycles. The minimum absolute atomic E-state index is 0.0844. The highest BCUT2D eigenvalue weighted by Crippen LogP contribution is 2.18. The minimum atomic E-state index is -1.22. The molecule has 0 saturated heterocycles. The van der Waals surface area contributed by atoms with E-state index in [4.69, 9.17) is 18.9 Å². The van der Waals surface area contributed by atoms with Crippen LogP contribution in [0.25, 0.3) is 0 Å². The number of nitrogens with one attached hydrogen (secondary N) is 1. The number of aliphatic hydroxyl groups excluding tert-OH is 1. The van der Waals surface area contributed by atoms with Crippen molar-refractivity contribution in [2.45, 2.75) is 64.4 Å². The molecule has 0 fully saturated rings. The molecular weight excluding hydrogens is 442 g/mol. The maximum Gasteiger partial charge on any atom is 0.408 e. The van der Waals surface area contributed by atoms with Crippen LogP contribution >= 0.6 is 0 Å². The first kappa shape index (κ1) is 26.9. The van der Waals surface area contributed by atoms with Gasteiger partial charge in [-0.05, 0) is 44.7 Å². The molecule has 2 rings (SSSR count). The van der Waals surface area contributed by atoms with Crippen molar-refractivity contribution in [3.05, 3.63) is 59.4 Å². The Bertz CT molecular complexity index is 901. The van der Waals surface area contributed by atoms with Gasteiger partial charge in [0.2, 0.25) is 0 Å². The van der Waals surface area contributed by atoms with Gasteiger partial charge in [-0.15, -0.1) is 0 Å². The summed E-state index contributed by atoms with van der Waals surface area (Å²) in [4.78, 5) is 36.9. The Morgan fingerprint density at radius 3 is 2.56 bits per heavy atom. The summed E-state index contributed by atoms with van der Waals surface area (Å²) in [7, 11) is 1.27. The largest absolute Gasteiger partial charge is 0.472 e. The van der Waals surface area contributed by atoms with Gasteiger partial charge in [-0.3, -0.25) is 0 Å². The summed E-state index contributed by atoms with van der Waals surface area (Å²) in [6.45, 7) is 5.09. The third-order valence-corrected chi connectivity index (χ3v) is 4.76. The Balaban J connectivity index is 2.05. The molecule has 9 heteroatoms. The second kappa shape index (κ2) is 12.8. The quantitative estimate of drug-likeness (QED) is 0.351. The van der Waals surface area contributed by atoms with Crippen molar-refractivity contribution in [2.75, 3.05) is 13.7 Å². The molecule has 0 spiro atoms. The number of esters is 2. The monoisotopic (exact) mass is 475 g/mol. The van der Waals surface area contributed by atoms with Gasteiger partial charge in [0, 0.05) is 12.8 Å². The first-order chi connectivity index (χ1) is 16.1. The maximum absolute atomic E-state index is 12.9. The van der Waals surface area contributed by atoms with Gasteiger partial charge in [-0.2, -0.15) is 0 Å². The Labute approximate surface area is 199 Å². The lowest BCUT2D eigenvalue weighted by atomic mass is 10.1. The van der Waals surface area contributed by atoms with Crippen LogP contribution in [0, 0.1) is 0 Å². The number of hydrogen-bond acceptors (Lipinski definition) is 8. The third-order valence-electron chi connectivity index (χ3n) is 4.76. The number of aliphatic hydroxyl groups is 1. The number of ether oxygens (including phenoxy) is 4. The molecule has 1 amide bonds. The molecule has 1 aromatic carbocycles. The molecule has 2 N–H and O–H groups in total. The Morgan fingerprint density at radius 1 is 1.21 bits per heavy atom. The predicted molar refractivity (Wildman–Crippen MR) is 123 cm³/mol. The zero-order valence-electron chi connectivity index (χ0n) is 20.0. The number of carbonyl (C=O) groups excluding carboxylic acids is 3. The van der Waals surface area contributed by atoms with Crippen LogP contribution in [0.15, 0.2) is 53.8 Å². The molecule has 1 aliphatic rings. The van der Waals surface area contributed by atoms with Gasteiger partial charge in [0.05, 0.1) is 18.9 Å². The Hall–Kier alpha value is -3.33. The van der Waals surface area contributed by atoms with Crippen molar-refractivity contribution in [3.8, 4) is 0 Å². The Morgan fingerprint density at radius 2 is 1.91 bits per heavy atom. The molecule has 2 atom stereocenters. The fraction of sp³-hybridized carbons (Fsp3) is 0.480. The van der Waals surface area contributed by atoms with Crippen molar-refractivity contribution in [2.24, 2.45) is 0 Å². The van der Waals surface area contributed by atoms with Crippen LogP contribution in [0.2, 0.25) is 0 Å². The van der Waals surface area contributed by atoms with Gasteiger partial charge in [-0.25, -0.2) is 14.4 Å². The molecule has 0 aliphatic carbocycles. The van der Waals surface area contributed by atoms with E-state index in [1.807, 2.05) is 30.3 Å². The van der Waals surface area contributed by atoms with E-state index in [1.54, 1.807) is 26.8 Å². The van der Waals surface area contributed by atoms with Gasteiger partial charge in [0.25, 0.3) is 0 Å². The molecule has 0 saturated carbocycles. The normalized spacial score (nSPS) is 20.4. The lowest BCUT2D eigenvalue weighted by molar-refractivity contribution is -0.145. The van der Waals surface area contributed by atoms with Gasteiger partial charge < -0.3 is 29.4 Å². The van der Waals surface area contributed by atoms with Crippen molar-refractivity contribution >= 4 is 18.0 Å². The van der Waals surface area contributed by atoms with Crippen LogP contribution in [0.3, 0.4) is 0 Å². The number of rotatable bonds is 7. The van der Waals surface area contributed by atoms with Crippen molar-refractivity contribution in [1.82, 2.24) is 5.32 Å². The molecule has 0 unspecified atom stereocenters. The van der Waals surface area contributed by atoms with Crippen LogP contribution < -0.4 is 5.32 Å². The van der Waals surface area contributed by atoms with Crippen LogP contribution in [-0.2, 0) is 35.0 Å². The van der Waals surface area contributed by atoms with Crippen LogP contribution in [-0.4, -0.2) is 54.8 Å². The van der Waals surface area contributed by atoms with Crippen molar-refractivity contribution in [1.29, 1.82) is 0 Å². The minimum Gasteiger partial charge on any atom is -0.472 e. The van der Waals surface area contributed by atoms with Crippen LogP contribution in [0.1, 0.15) is 45.6 Å². The number of alkyl carbamates (subject to hydrolysis) is 1. The van der Waals surface area contributed by atoms with Gasteiger partial charge in [0.1, 0.15) is 18.2 Å². The molecule has 0 radical (unpaired) electrons. The summed E-state index contributed by atoms with van der Waals surface area (Å²) in [6.07, 6.45) is 2.15. The number of hydrogen-bond donors (Lipinski definition) is 2. The number of methoxy groups -OCH3 is 1. The summed E-state index contributed by atoms with van der Waals surface area (Å²) in [5.41, 5.74) is 1.03. The van der Waals surface area contributed by atoms with E-state index < -0.39 is 36.0 Å². The van der Waals surface area contributed by atoms with E-state index in [-0.39, 0.29) is 19.4 Å². The SMILES string of the molecule is COC(=O)/C1=C/O[C@@H](O)C/C(COC(=O)[C@H](Cc2ccccc2)NC(=O)OC(C)(C)C)=C\CC1. The smallest absolute Gasteiger partial charge is 0.408 e. The highest BCUT2D eigenvalue weighted by Gasteiger charge is 2.26. The molecule has 0 bridgehead atoms. The molecule has 186 valence electrons. The topological polar surface area (TPSA) is 120 Å². The van der Waals surface area contributed by atoms with Gasteiger partial charge in [0.15, 0.2) is 6.29 Å². The second-order valence-corrected chi connectivity index (χ2v) is 8.83. The number of carbonyl (C=O) groups is 3. The number of allylic oxidation sites excluding steroid dienone is 1. The fourth-order valence-corrected chi connectivity index (χ4v) is 3.16. The highest BCUT2D eigenvalue weighted by molar-refractivity contribution is 5.88. The van der Waals surface area contributed by atoms with Crippen molar-refractivity contribution in [3.63, 3.8) is 0 Å². The molecule has 9 nitrogen and oxygen atoms in total. The molecule has 34 heavy (non-hydrogen) atoms. The zero-order valence-corrected chi connectivity index (χ0v) is 20.0. The number of benzene rings is 1. The zero-order chi connectivity index (χ0) is 25.1. The average Bonchev–Trinajstić information content (AvgIpc) is 2.86. The lowest BCUT2D eigenvalue weighted by Crippen LogP contribution is -2.45. The highest BCUT2D eigenvalue weighted by atomic mass is 16.6.